The fourth-order valence-electron chi connectivity index (χ4n) is 0.986. The van der Waals surface area contributed by atoms with E-state index in [1.807, 2.05) is 0 Å². The fraction of sp³-hybridized carbons (Fsp3) is 0.250. The summed E-state index contributed by atoms with van der Waals surface area (Å²) < 4.78 is 5.74. The lowest BCUT2D eigenvalue weighted by molar-refractivity contribution is -0.385. The zero-order chi connectivity index (χ0) is 12.0. The van der Waals surface area contributed by atoms with E-state index in [4.69, 9.17) is 10.3 Å². The highest BCUT2D eigenvalue weighted by molar-refractivity contribution is 9.10. The number of azide groups is 1. The molecule has 0 aliphatic heterocycles. The van der Waals surface area contributed by atoms with Gasteiger partial charge in [-0.05, 0) is 11.6 Å². The molecule has 0 N–H and O–H groups in total. The van der Waals surface area contributed by atoms with Crippen LogP contribution in [0.2, 0.25) is 0 Å². The van der Waals surface area contributed by atoms with E-state index in [0.717, 1.165) is 0 Å². The first-order chi connectivity index (χ1) is 7.63. The van der Waals surface area contributed by atoms with Gasteiger partial charge in [-0.25, -0.2) is 0 Å². The summed E-state index contributed by atoms with van der Waals surface area (Å²) in [6.45, 7) is 0.356. The average molecular weight is 287 g/mol. The summed E-state index contributed by atoms with van der Waals surface area (Å²) in [5.74, 6) is 0.356. The number of non-ortho nitro benzene ring substituents is 1. The van der Waals surface area contributed by atoms with E-state index in [0.29, 0.717) is 10.2 Å². The van der Waals surface area contributed by atoms with Gasteiger partial charge in [0.25, 0.3) is 5.69 Å². The van der Waals surface area contributed by atoms with Crippen LogP contribution < -0.4 is 4.74 Å². The quantitative estimate of drug-likeness (QED) is 0.208. The molecule has 84 valence electrons. The number of rotatable bonds is 5. The maximum Gasteiger partial charge on any atom is 0.274 e. The predicted molar refractivity (Wildman–Crippen MR) is 60.3 cm³/mol. The van der Waals surface area contributed by atoms with E-state index in [1.54, 1.807) is 6.07 Å². The maximum atomic E-state index is 10.5. The fourth-order valence-corrected chi connectivity index (χ4v) is 1.45. The van der Waals surface area contributed by atoms with Crippen LogP contribution in [0.4, 0.5) is 5.69 Å². The Labute approximate surface area is 98.9 Å². The third-order valence-corrected chi connectivity index (χ3v) is 2.05. The molecule has 0 aliphatic carbocycles. The largest absolute Gasteiger partial charge is 0.493 e. The first-order valence-electron chi connectivity index (χ1n) is 4.22. The number of hydrogen-bond acceptors (Lipinski definition) is 4. The summed E-state index contributed by atoms with van der Waals surface area (Å²) in [4.78, 5) is 12.6. The van der Waals surface area contributed by atoms with Crippen LogP contribution in [0, 0.1) is 10.1 Å². The molecule has 8 heteroatoms. The molecule has 0 amide bonds. The van der Waals surface area contributed by atoms with Crippen LogP contribution >= 0.6 is 15.9 Å². The summed E-state index contributed by atoms with van der Waals surface area (Å²) >= 11 is 3.14. The van der Waals surface area contributed by atoms with Gasteiger partial charge in [0.15, 0.2) is 0 Å². The van der Waals surface area contributed by atoms with E-state index >= 15 is 0 Å². The Kier molecular flexibility index (Phi) is 4.56. The number of benzene rings is 1. The molecule has 1 aromatic carbocycles. The molecule has 0 heterocycles. The number of halogens is 1. The Morgan fingerprint density at radius 2 is 2.31 bits per heavy atom. The van der Waals surface area contributed by atoms with Gasteiger partial charge in [-0.3, -0.25) is 10.1 Å². The minimum atomic E-state index is -0.509. The van der Waals surface area contributed by atoms with Crippen LogP contribution in [0.3, 0.4) is 0 Å². The highest BCUT2D eigenvalue weighted by Crippen LogP contribution is 2.25. The van der Waals surface area contributed by atoms with Crippen molar-refractivity contribution in [2.45, 2.75) is 0 Å². The average Bonchev–Trinajstić information content (AvgIpc) is 2.23. The molecular weight excluding hydrogens is 280 g/mol. The van der Waals surface area contributed by atoms with Gasteiger partial charge in [0.1, 0.15) is 5.75 Å². The minimum Gasteiger partial charge on any atom is -0.493 e. The molecule has 0 fully saturated rings. The zero-order valence-electron chi connectivity index (χ0n) is 8.04. The second-order valence-electron chi connectivity index (χ2n) is 2.71. The van der Waals surface area contributed by atoms with Gasteiger partial charge in [-0.15, -0.1) is 0 Å². The standard InChI is InChI=1S/C8H7BrN4O3/c9-6-3-7(13(14)15)5-8(4-6)16-2-1-11-12-10/h3-5H,1-2H2. The van der Waals surface area contributed by atoms with Crippen LogP contribution in [-0.4, -0.2) is 18.1 Å². The molecule has 1 aromatic rings. The van der Waals surface area contributed by atoms with E-state index in [1.165, 1.54) is 12.1 Å². The molecule has 0 unspecified atom stereocenters. The third-order valence-electron chi connectivity index (χ3n) is 1.59. The van der Waals surface area contributed by atoms with Crippen molar-refractivity contribution in [2.75, 3.05) is 13.2 Å². The van der Waals surface area contributed by atoms with Crippen molar-refractivity contribution in [3.8, 4) is 5.75 Å². The van der Waals surface area contributed by atoms with E-state index in [-0.39, 0.29) is 18.8 Å². The van der Waals surface area contributed by atoms with E-state index in [2.05, 4.69) is 26.0 Å². The Balaban J connectivity index is 2.72. The van der Waals surface area contributed by atoms with Crippen molar-refractivity contribution >= 4 is 21.6 Å². The van der Waals surface area contributed by atoms with Crippen LogP contribution in [0.15, 0.2) is 27.8 Å². The van der Waals surface area contributed by atoms with E-state index in [9.17, 15) is 10.1 Å². The summed E-state index contributed by atoms with van der Waals surface area (Å²) in [6, 6.07) is 4.28. The first kappa shape index (κ1) is 12.3. The van der Waals surface area contributed by atoms with Gasteiger partial charge in [-0.1, -0.05) is 21.0 Å². The van der Waals surface area contributed by atoms with Crippen molar-refractivity contribution in [2.24, 2.45) is 5.11 Å². The predicted octanol–water partition coefficient (Wildman–Crippen LogP) is 3.05. The Morgan fingerprint density at radius 1 is 1.56 bits per heavy atom. The number of hydrogen-bond donors (Lipinski definition) is 0. The van der Waals surface area contributed by atoms with Crippen LogP contribution in [0.5, 0.6) is 5.75 Å². The molecule has 7 nitrogen and oxygen atoms in total. The SMILES string of the molecule is [N-]=[N+]=NCCOc1cc(Br)cc([N+](=O)[O-])c1. The van der Waals surface area contributed by atoms with Gasteiger partial charge >= 0.3 is 0 Å². The Hall–Kier alpha value is -1.79. The van der Waals surface area contributed by atoms with Gasteiger partial charge in [-0.2, -0.15) is 0 Å². The lowest BCUT2D eigenvalue weighted by atomic mass is 10.3. The number of nitro groups is 1. The van der Waals surface area contributed by atoms with Crippen LogP contribution in [0.1, 0.15) is 0 Å². The van der Waals surface area contributed by atoms with Gasteiger partial charge in [0, 0.05) is 15.5 Å². The van der Waals surface area contributed by atoms with Crippen LogP contribution in [-0.2, 0) is 0 Å². The van der Waals surface area contributed by atoms with Gasteiger partial charge in [0.05, 0.1) is 24.1 Å². The van der Waals surface area contributed by atoms with Crippen molar-refractivity contribution in [1.29, 1.82) is 0 Å². The van der Waals surface area contributed by atoms with Crippen molar-refractivity contribution in [1.82, 2.24) is 0 Å². The van der Waals surface area contributed by atoms with Crippen molar-refractivity contribution in [3.63, 3.8) is 0 Å². The Bertz CT molecular complexity index is 445. The molecule has 0 spiro atoms. The van der Waals surface area contributed by atoms with E-state index < -0.39 is 4.92 Å². The lowest BCUT2D eigenvalue weighted by Gasteiger charge is -2.04. The molecule has 0 bridgehead atoms. The third kappa shape index (κ3) is 3.76. The number of nitrogens with zero attached hydrogens (tertiary/aromatic N) is 4. The van der Waals surface area contributed by atoms with Crippen LogP contribution in [0.25, 0.3) is 10.4 Å². The second-order valence-corrected chi connectivity index (χ2v) is 3.62. The minimum absolute atomic E-state index is 0.0619. The summed E-state index contributed by atoms with van der Waals surface area (Å²) in [5, 5.41) is 13.8. The smallest absolute Gasteiger partial charge is 0.274 e. The first-order valence-corrected chi connectivity index (χ1v) is 5.01. The summed E-state index contributed by atoms with van der Waals surface area (Å²) in [5.41, 5.74) is 7.97. The lowest BCUT2D eigenvalue weighted by Crippen LogP contribution is -2.00. The monoisotopic (exact) mass is 286 g/mol. The normalized spacial score (nSPS) is 9.31. The number of nitro benzene ring substituents is 1. The topological polar surface area (TPSA) is 101 Å². The molecule has 16 heavy (non-hydrogen) atoms. The maximum absolute atomic E-state index is 10.5. The van der Waals surface area contributed by atoms with Crippen molar-refractivity contribution in [3.05, 3.63) is 43.2 Å². The molecule has 0 aromatic heterocycles. The Morgan fingerprint density at radius 3 is 2.94 bits per heavy atom. The molecular formula is C8H7BrN4O3. The van der Waals surface area contributed by atoms with Gasteiger partial charge in [0.2, 0.25) is 0 Å². The summed E-state index contributed by atoms with van der Waals surface area (Å²) in [7, 11) is 0. The molecule has 0 aliphatic rings. The zero-order valence-corrected chi connectivity index (χ0v) is 9.62. The molecule has 0 radical (unpaired) electrons. The highest BCUT2D eigenvalue weighted by Gasteiger charge is 2.09. The summed E-state index contributed by atoms with van der Waals surface area (Å²) in [6.07, 6.45) is 0. The molecule has 0 saturated carbocycles. The molecule has 0 saturated heterocycles. The number of ether oxygens (including phenoxy) is 1. The van der Waals surface area contributed by atoms with Gasteiger partial charge < -0.3 is 4.74 Å². The molecule has 0 atom stereocenters. The van der Waals surface area contributed by atoms with Crippen molar-refractivity contribution < 1.29 is 9.66 Å². The molecule has 1 rings (SSSR count). The second kappa shape index (κ2) is 5.94. The highest BCUT2D eigenvalue weighted by atomic mass is 79.9.